The highest BCUT2D eigenvalue weighted by molar-refractivity contribution is 7.13. The molecular weight excluding hydrogens is 236 g/mol. The number of aromatic nitrogens is 1. The fourth-order valence-corrected chi connectivity index (χ4v) is 2.86. The standard InChI is InChI=1S/C12H18N2O2S/c1-9(15)11-8-17-12(13-11)14(2)6-10-4-3-5-16-7-10/h8,10H,3-7H2,1-2H3. The Labute approximate surface area is 106 Å². The molecule has 0 bridgehead atoms. The number of anilines is 1. The summed E-state index contributed by atoms with van der Waals surface area (Å²) >= 11 is 1.53. The van der Waals surface area contributed by atoms with Crippen molar-refractivity contribution in [2.24, 2.45) is 5.92 Å². The fourth-order valence-electron chi connectivity index (χ4n) is 2.02. The Kier molecular flexibility index (Phi) is 4.12. The number of thiazole rings is 1. The van der Waals surface area contributed by atoms with Gasteiger partial charge in [-0.3, -0.25) is 4.79 Å². The van der Waals surface area contributed by atoms with Gasteiger partial charge < -0.3 is 9.64 Å². The predicted octanol–water partition coefficient (Wildman–Crippen LogP) is 2.21. The summed E-state index contributed by atoms with van der Waals surface area (Å²) in [6.07, 6.45) is 2.37. The van der Waals surface area contributed by atoms with E-state index in [4.69, 9.17) is 4.74 Å². The van der Waals surface area contributed by atoms with Gasteiger partial charge in [0, 0.05) is 32.5 Å². The Balaban J connectivity index is 1.93. The zero-order valence-electron chi connectivity index (χ0n) is 10.3. The van der Waals surface area contributed by atoms with Crippen LogP contribution < -0.4 is 4.90 Å². The lowest BCUT2D eigenvalue weighted by atomic mass is 10.0. The Morgan fingerprint density at radius 3 is 3.12 bits per heavy atom. The molecule has 0 spiro atoms. The van der Waals surface area contributed by atoms with Crippen LogP contribution in [0.5, 0.6) is 0 Å². The summed E-state index contributed by atoms with van der Waals surface area (Å²) in [4.78, 5) is 17.6. The summed E-state index contributed by atoms with van der Waals surface area (Å²) in [6.45, 7) is 4.24. The van der Waals surface area contributed by atoms with Crippen molar-refractivity contribution < 1.29 is 9.53 Å². The molecule has 1 atom stereocenters. The molecule has 1 aliphatic rings. The van der Waals surface area contributed by atoms with Crippen LogP contribution in [0, 0.1) is 5.92 Å². The van der Waals surface area contributed by atoms with E-state index in [1.54, 1.807) is 6.92 Å². The molecule has 1 aliphatic heterocycles. The number of carbonyl (C=O) groups is 1. The third-order valence-electron chi connectivity index (χ3n) is 2.97. The predicted molar refractivity (Wildman–Crippen MR) is 68.9 cm³/mol. The van der Waals surface area contributed by atoms with Crippen molar-refractivity contribution in [2.75, 3.05) is 31.7 Å². The Morgan fingerprint density at radius 1 is 1.71 bits per heavy atom. The van der Waals surface area contributed by atoms with E-state index in [9.17, 15) is 4.79 Å². The zero-order valence-corrected chi connectivity index (χ0v) is 11.1. The average Bonchev–Trinajstić information content (AvgIpc) is 2.79. The van der Waals surface area contributed by atoms with Crippen molar-refractivity contribution in [2.45, 2.75) is 19.8 Å². The van der Waals surface area contributed by atoms with Gasteiger partial charge in [0.1, 0.15) is 5.69 Å². The number of Topliss-reactive ketones (excluding diaryl/α,β-unsaturated/α-hetero) is 1. The van der Waals surface area contributed by atoms with Crippen molar-refractivity contribution in [1.82, 2.24) is 4.98 Å². The van der Waals surface area contributed by atoms with Crippen LogP contribution in [0.4, 0.5) is 5.13 Å². The number of nitrogens with zero attached hydrogens (tertiary/aromatic N) is 2. The minimum atomic E-state index is 0.0295. The Bertz CT molecular complexity index is 386. The third kappa shape index (κ3) is 3.26. The molecule has 17 heavy (non-hydrogen) atoms. The van der Waals surface area contributed by atoms with E-state index in [0.717, 1.165) is 31.3 Å². The number of hydrogen-bond donors (Lipinski definition) is 0. The third-order valence-corrected chi connectivity index (χ3v) is 3.92. The molecule has 2 rings (SSSR count). The minimum Gasteiger partial charge on any atom is -0.381 e. The number of ether oxygens (including phenoxy) is 1. The van der Waals surface area contributed by atoms with Crippen LogP contribution >= 0.6 is 11.3 Å². The quantitative estimate of drug-likeness (QED) is 0.773. The van der Waals surface area contributed by atoms with Crippen LogP contribution in [0.2, 0.25) is 0 Å². The summed E-state index contributed by atoms with van der Waals surface area (Å²) in [7, 11) is 2.03. The van der Waals surface area contributed by atoms with E-state index in [2.05, 4.69) is 9.88 Å². The lowest BCUT2D eigenvalue weighted by molar-refractivity contribution is 0.0576. The van der Waals surface area contributed by atoms with Gasteiger partial charge in [-0.15, -0.1) is 11.3 Å². The van der Waals surface area contributed by atoms with E-state index in [0.29, 0.717) is 11.6 Å². The van der Waals surface area contributed by atoms with Crippen LogP contribution in [0.3, 0.4) is 0 Å². The molecule has 1 fully saturated rings. The summed E-state index contributed by atoms with van der Waals surface area (Å²) in [5.74, 6) is 0.611. The van der Waals surface area contributed by atoms with Gasteiger partial charge >= 0.3 is 0 Å². The normalized spacial score (nSPS) is 20.2. The second kappa shape index (κ2) is 5.60. The highest BCUT2D eigenvalue weighted by Gasteiger charge is 2.18. The Morgan fingerprint density at radius 2 is 2.53 bits per heavy atom. The molecule has 1 unspecified atom stereocenters. The summed E-state index contributed by atoms with van der Waals surface area (Å²) in [5.41, 5.74) is 0.566. The van der Waals surface area contributed by atoms with E-state index in [1.807, 2.05) is 12.4 Å². The van der Waals surface area contributed by atoms with Gasteiger partial charge in [0.15, 0.2) is 10.9 Å². The summed E-state index contributed by atoms with van der Waals surface area (Å²) < 4.78 is 5.46. The number of carbonyl (C=O) groups excluding carboxylic acids is 1. The first-order chi connectivity index (χ1) is 8.16. The van der Waals surface area contributed by atoms with Gasteiger partial charge in [-0.2, -0.15) is 0 Å². The molecule has 1 aromatic rings. The van der Waals surface area contributed by atoms with Crippen molar-refractivity contribution >= 4 is 22.3 Å². The van der Waals surface area contributed by atoms with E-state index < -0.39 is 0 Å². The highest BCUT2D eigenvalue weighted by atomic mass is 32.1. The molecule has 0 amide bonds. The molecule has 4 nitrogen and oxygen atoms in total. The molecule has 0 radical (unpaired) electrons. The second-order valence-corrected chi connectivity index (χ2v) is 5.37. The van der Waals surface area contributed by atoms with Gasteiger partial charge in [0.05, 0.1) is 6.61 Å². The maximum absolute atomic E-state index is 11.2. The largest absolute Gasteiger partial charge is 0.381 e. The van der Waals surface area contributed by atoms with Crippen molar-refractivity contribution in [3.05, 3.63) is 11.1 Å². The van der Waals surface area contributed by atoms with Crippen LogP contribution in [-0.4, -0.2) is 37.6 Å². The Hall–Kier alpha value is -0.940. The number of hydrogen-bond acceptors (Lipinski definition) is 5. The molecule has 0 N–H and O–H groups in total. The van der Waals surface area contributed by atoms with E-state index in [-0.39, 0.29) is 5.78 Å². The van der Waals surface area contributed by atoms with Crippen LogP contribution in [0.25, 0.3) is 0 Å². The molecule has 2 heterocycles. The first-order valence-electron chi connectivity index (χ1n) is 5.92. The van der Waals surface area contributed by atoms with E-state index in [1.165, 1.54) is 17.8 Å². The molecule has 1 aromatic heterocycles. The van der Waals surface area contributed by atoms with Crippen molar-refractivity contribution in [3.63, 3.8) is 0 Å². The van der Waals surface area contributed by atoms with Crippen LogP contribution in [-0.2, 0) is 4.74 Å². The molecule has 1 saturated heterocycles. The van der Waals surface area contributed by atoms with Gasteiger partial charge in [0.2, 0.25) is 0 Å². The summed E-state index contributed by atoms with van der Waals surface area (Å²) in [6, 6.07) is 0. The van der Waals surface area contributed by atoms with Crippen LogP contribution in [0.1, 0.15) is 30.3 Å². The number of ketones is 1. The maximum atomic E-state index is 11.2. The van der Waals surface area contributed by atoms with Crippen LogP contribution in [0.15, 0.2) is 5.38 Å². The molecule has 0 aliphatic carbocycles. The summed E-state index contributed by atoms with van der Waals surface area (Å²) in [5, 5.41) is 2.74. The van der Waals surface area contributed by atoms with E-state index >= 15 is 0 Å². The van der Waals surface area contributed by atoms with Gasteiger partial charge in [-0.1, -0.05) is 0 Å². The highest BCUT2D eigenvalue weighted by Crippen LogP contribution is 2.22. The maximum Gasteiger partial charge on any atom is 0.185 e. The molecule has 0 saturated carbocycles. The molecule has 5 heteroatoms. The lowest BCUT2D eigenvalue weighted by Gasteiger charge is -2.26. The lowest BCUT2D eigenvalue weighted by Crippen LogP contribution is -2.30. The van der Waals surface area contributed by atoms with Gasteiger partial charge in [-0.05, 0) is 18.8 Å². The SMILES string of the molecule is CC(=O)c1csc(N(C)CC2CCCOC2)n1. The first-order valence-corrected chi connectivity index (χ1v) is 6.80. The van der Waals surface area contributed by atoms with Gasteiger partial charge in [0.25, 0.3) is 0 Å². The second-order valence-electron chi connectivity index (χ2n) is 4.54. The minimum absolute atomic E-state index is 0.0295. The molecular formula is C12H18N2O2S. The van der Waals surface area contributed by atoms with Gasteiger partial charge in [-0.25, -0.2) is 4.98 Å². The smallest absolute Gasteiger partial charge is 0.185 e. The topological polar surface area (TPSA) is 42.4 Å². The average molecular weight is 254 g/mol. The monoisotopic (exact) mass is 254 g/mol. The van der Waals surface area contributed by atoms with Crippen molar-refractivity contribution in [3.8, 4) is 0 Å². The van der Waals surface area contributed by atoms with Crippen molar-refractivity contribution in [1.29, 1.82) is 0 Å². The first kappa shape index (κ1) is 12.5. The fraction of sp³-hybridized carbons (Fsp3) is 0.667. The number of rotatable bonds is 4. The molecule has 94 valence electrons. The zero-order chi connectivity index (χ0) is 12.3. The molecule has 0 aromatic carbocycles.